The van der Waals surface area contributed by atoms with Gasteiger partial charge in [0.25, 0.3) is 0 Å². The van der Waals surface area contributed by atoms with Crippen molar-refractivity contribution in [1.29, 1.82) is 0 Å². The predicted molar refractivity (Wildman–Crippen MR) is 51.7 cm³/mol. The number of rotatable bonds is 3. The van der Waals surface area contributed by atoms with Gasteiger partial charge in [0.05, 0.1) is 6.10 Å². The highest BCUT2D eigenvalue weighted by Crippen LogP contribution is 2.15. The lowest BCUT2D eigenvalue weighted by atomic mass is 10.1. The number of nitrogens with one attached hydrogen (secondary N) is 2. The van der Waals surface area contributed by atoms with Crippen molar-refractivity contribution in [2.45, 2.75) is 25.1 Å². The zero-order chi connectivity index (χ0) is 9.26. The molecule has 0 aromatic rings. The van der Waals surface area contributed by atoms with E-state index in [1.165, 1.54) is 0 Å². The lowest BCUT2D eigenvalue weighted by Crippen LogP contribution is -2.61. The van der Waals surface area contributed by atoms with Crippen molar-refractivity contribution in [1.82, 2.24) is 15.5 Å². The smallest absolute Gasteiger partial charge is 0.0831 e. The monoisotopic (exact) mass is 185 g/mol. The summed E-state index contributed by atoms with van der Waals surface area (Å²) in [6.45, 7) is 7.06. The number of hydrogen-bond donors (Lipinski definition) is 3. The average molecular weight is 185 g/mol. The van der Waals surface area contributed by atoms with E-state index in [0.717, 1.165) is 32.7 Å². The van der Waals surface area contributed by atoms with E-state index in [1.807, 2.05) is 0 Å². The molecule has 2 atom stereocenters. The maximum absolute atomic E-state index is 9.73. The quantitative estimate of drug-likeness (QED) is 0.507. The molecule has 2 saturated heterocycles. The van der Waals surface area contributed by atoms with Crippen LogP contribution in [0.3, 0.4) is 0 Å². The SMILES string of the molecule is CCN(C1CNC1)[C@@H]1CNC[C@H]1O. The minimum atomic E-state index is -0.180. The summed E-state index contributed by atoms with van der Waals surface area (Å²) in [5.41, 5.74) is 0. The highest BCUT2D eigenvalue weighted by Gasteiger charge is 2.35. The van der Waals surface area contributed by atoms with Crippen LogP contribution in [0.2, 0.25) is 0 Å². The van der Waals surface area contributed by atoms with E-state index in [2.05, 4.69) is 22.5 Å². The van der Waals surface area contributed by atoms with Gasteiger partial charge in [0.2, 0.25) is 0 Å². The Morgan fingerprint density at radius 2 is 1.92 bits per heavy atom. The predicted octanol–water partition coefficient (Wildman–Crippen LogP) is -1.39. The maximum atomic E-state index is 9.73. The fourth-order valence-electron chi connectivity index (χ4n) is 2.26. The summed E-state index contributed by atoms with van der Waals surface area (Å²) < 4.78 is 0. The second kappa shape index (κ2) is 3.92. The van der Waals surface area contributed by atoms with E-state index >= 15 is 0 Å². The lowest BCUT2D eigenvalue weighted by molar-refractivity contribution is 0.0398. The maximum Gasteiger partial charge on any atom is 0.0831 e. The van der Waals surface area contributed by atoms with Gasteiger partial charge in [-0.25, -0.2) is 0 Å². The van der Waals surface area contributed by atoms with Crippen LogP contribution >= 0.6 is 0 Å². The molecule has 0 amide bonds. The van der Waals surface area contributed by atoms with Crippen molar-refractivity contribution in [3.63, 3.8) is 0 Å². The van der Waals surface area contributed by atoms with Crippen LogP contribution in [0.15, 0.2) is 0 Å². The van der Waals surface area contributed by atoms with Gasteiger partial charge in [0, 0.05) is 38.3 Å². The number of aliphatic hydroxyl groups excluding tert-OH is 1. The van der Waals surface area contributed by atoms with Crippen molar-refractivity contribution < 1.29 is 5.11 Å². The number of hydrogen-bond acceptors (Lipinski definition) is 4. The Hall–Kier alpha value is -0.160. The Labute approximate surface area is 79.3 Å². The van der Waals surface area contributed by atoms with Crippen molar-refractivity contribution in [2.24, 2.45) is 0 Å². The summed E-state index contributed by atoms with van der Waals surface area (Å²) in [7, 11) is 0. The van der Waals surface area contributed by atoms with Gasteiger partial charge in [0.1, 0.15) is 0 Å². The largest absolute Gasteiger partial charge is 0.390 e. The Morgan fingerprint density at radius 1 is 1.23 bits per heavy atom. The van der Waals surface area contributed by atoms with E-state index in [1.54, 1.807) is 0 Å². The topological polar surface area (TPSA) is 47.5 Å². The van der Waals surface area contributed by atoms with Gasteiger partial charge in [-0.05, 0) is 6.54 Å². The summed E-state index contributed by atoms with van der Waals surface area (Å²) >= 11 is 0. The second-order valence-corrected chi connectivity index (χ2v) is 3.94. The van der Waals surface area contributed by atoms with Gasteiger partial charge in [-0.1, -0.05) is 6.92 Å². The van der Waals surface area contributed by atoms with Crippen LogP contribution in [0.5, 0.6) is 0 Å². The molecule has 0 bridgehead atoms. The van der Waals surface area contributed by atoms with E-state index in [4.69, 9.17) is 0 Å². The van der Waals surface area contributed by atoms with Crippen LogP contribution < -0.4 is 10.6 Å². The van der Waals surface area contributed by atoms with Gasteiger partial charge in [0.15, 0.2) is 0 Å². The average Bonchev–Trinajstić information content (AvgIpc) is 2.43. The molecular formula is C9H19N3O. The summed E-state index contributed by atoms with van der Waals surface area (Å²) in [6, 6.07) is 0.974. The zero-order valence-electron chi connectivity index (χ0n) is 8.16. The van der Waals surface area contributed by atoms with Gasteiger partial charge >= 0.3 is 0 Å². The van der Waals surface area contributed by atoms with Crippen molar-refractivity contribution >= 4 is 0 Å². The molecule has 2 heterocycles. The normalized spacial score (nSPS) is 35.3. The summed E-state index contributed by atoms with van der Waals surface area (Å²) in [6.07, 6.45) is -0.180. The fraction of sp³-hybridized carbons (Fsp3) is 1.00. The van der Waals surface area contributed by atoms with Gasteiger partial charge < -0.3 is 15.7 Å². The molecular weight excluding hydrogens is 166 g/mol. The van der Waals surface area contributed by atoms with Crippen LogP contribution in [0.4, 0.5) is 0 Å². The number of likely N-dealkylation sites (N-methyl/N-ethyl adjacent to an activating group) is 1. The molecule has 0 spiro atoms. The molecule has 0 aromatic heterocycles. The number of aliphatic hydroxyl groups is 1. The molecule has 0 aliphatic carbocycles. The standard InChI is InChI=1S/C9H19N3O/c1-2-12(7-3-10-4-7)8-5-11-6-9(8)13/h7-11,13H,2-6H2,1H3/t8-,9-/m1/s1. The summed E-state index contributed by atoms with van der Waals surface area (Å²) in [5, 5.41) is 16.2. The Morgan fingerprint density at radius 3 is 2.31 bits per heavy atom. The molecule has 4 nitrogen and oxygen atoms in total. The van der Waals surface area contributed by atoms with Gasteiger partial charge in [-0.15, -0.1) is 0 Å². The van der Waals surface area contributed by atoms with Gasteiger partial charge in [-0.2, -0.15) is 0 Å². The Kier molecular flexibility index (Phi) is 2.83. The van der Waals surface area contributed by atoms with Crippen molar-refractivity contribution in [2.75, 3.05) is 32.7 Å². The molecule has 0 unspecified atom stereocenters. The minimum absolute atomic E-state index is 0.180. The molecule has 2 rings (SSSR count). The van der Waals surface area contributed by atoms with E-state index in [0.29, 0.717) is 12.1 Å². The highest BCUT2D eigenvalue weighted by atomic mass is 16.3. The van der Waals surface area contributed by atoms with E-state index in [-0.39, 0.29) is 6.10 Å². The molecule has 2 aliphatic rings. The third kappa shape index (κ3) is 1.72. The molecule has 13 heavy (non-hydrogen) atoms. The number of β-amino-alcohol motifs (C(OH)–C–C–N with tert-alkyl or cyclic N) is 1. The fourth-order valence-corrected chi connectivity index (χ4v) is 2.26. The lowest BCUT2D eigenvalue weighted by Gasteiger charge is -2.41. The van der Waals surface area contributed by atoms with Crippen LogP contribution in [-0.4, -0.2) is 60.9 Å². The highest BCUT2D eigenvalue weighted by molar-refractivity contribution is 4.95. The third-order valence-corrected chi connectivity index (χ3v) is 3.17. The third-order valence-electron chi connectivity index (χ3n) is 3.17. The van der Waals surface area contributed by atoms with Crippen LogP contribution in [-0.2, 0) is 0 Å². The van der Waals surface area contributed by atoms with Crippen molar-refractivity contribution in [3.05, 3.63) is 0 Å². The van der Waals surface area contributed by atoms with Crippen LogP contribution in [0.1, 0.15) is 6.92 Å². The second-order valence-electron chi connectivity index (χ2n) is 3.94. The first-order valence-corrected chi connectivity index (χ1v) is 5.18. The summed E-state index contributed by atoms with van der Waals surface area (Å²) in [4.78, 5) is 2.42. The molecule has 0 saturated carbocycles. The minimum Gasteiger partial charge on any atom is -0.390 e. The van der Waals surface area contributed by atoms with Crippen molar-refractivity contribution in [3.8, 4) is 0 Å². The first kappa shape index (κ1) is 9.40. The molecule has 4 heteroatoms. The zero-order valence-corrected chi connectivity index (χ0v) is 8.16. The first-order valence-electron chi connectivity index (χ1n) is 5.18. The van der Waals surface area contributed by atoms with Crippen LogP contribution in [0.25, 0.3) is 0 Å². The Balaban J connectivity index is 1.94. The van der Waals surface area contributed by atoms with Gasteiger partial charge in [-0.3, -0.25) is 4.90 Å². The summed E-state index contributed by atoms with van der Waals surface area (Å²) in [5.74, 6) is 0. The number of nitrogens with zero attached hydrogens (tertiary/aromatic N) is 1. The van der Waals surface area contributed by atoms with Crippen LogP contribution in [0, 0.1) is 0 Å². The van der Waals surface area contributed by atoms with E-state index < -0.39 is 0 Å². The molecule has 0 aromatic carbocycles. The molecule has 2 fully saturated rings. The molecule has 0 radical (unpaired) electrons. The Bertz CT molecular complexity index is 172. The molecule has 76 valence electrons. The first-order chi connectivity index (χ1) is 6.33. The molecule has 3 N–H and O–H groups in total. The molecule has 2 aliphatic heterocycles. The van der Waals surface area contributed by atoms with E-state index in [9.17, 15) is 5.11 Å².